The monoisotopic (exact) mass is 504 g/mol. The van der Waals surface area contributed by atoms with Crippen LogP contribution in [0.25, 0.3) is 0 Å². The number of halogens is 3. The fourth-order valence-corrected chi connectivity index (χ4v) is 5.01. The topological polar surface area (TPSA) is 111 Å². The summed E-state index contributed by atoms with van der Waals surface area (Å²) in [5.74, 6) is -0.704. The van der Waals surface area contributed by atoms with Crippen LogP contribution < -0.4 is 16.0 Å². The summed E-state index contributed by atoms with van der Waals surface area (Å²) < 4.78 is 39.0. The normalized spacial score (nSPS) is 21.1. The van der Waals surface area contributed by atoms with Crippen molar-refractivity contribution >= 4 is 29.3 Å². The molecule has 36 heavy (non-hydrogen) atoms. The number of nitrogens with zero attached hydrogens (tertiary/aromatic N) is 1. The van der Waals surface area contributed by atoms with Crippen LogP contribution in [0, 0.1) is 0 Å². The number of rotatable bonds is 7. The average molecular weight is 505 g/mol. The molecule has 2 atom stereocenters. The second-order valence-corrected chi connectivity index (χ2v) is 9.07. The Balaban J connectivity index is 1.29. The zero-order valence-corrected chi connectivity index (χ0v) is 19.3. The van der Waals surface area contributed by atoms with Crippen LogP contribution in [0.4, 0.5) is 29.3 Å². The van der Waals surface area contributed by atoms with Gasteiger partial charge in [0, 0.05) is 36.8 Å². The van der Waals surface area contributed by atoms with Crippen molar-refractivity contribution in [2.75, 3.05) is 11.9 Å². The fraction of sp³-hybridized carbons (Fsp3) is 0.400. The lowest BCUT2D eigenvalue weighted by atomic mass is 9.97. The van der Waals surface area contributed by atoms with Crippen LogP contribution in [0.5, 0.6) is 0 Å². The van der Waals surface area contributed by atoms with E-state index < -0.39 is 23.7 Å². The van der Waals surface area contributed by atoms with E-state index in [0.29, 0.717) is 18.5 Å². The standard InChI is InChI=1S/C25H27F3N4O4/c26-25(27,28)15-4-3-5-16(12-15)30-21-7-2-1-6-20(21)23(34)29-11-10-22(33)31-17-13-18-8-9-19(14-17)32(18)24(35)36/h1-7,12,17-19,30H,8-11,13-14H2,(H,29,34)(H,31,33)(H,35,36). The number of para-hydroxylation sites is 1. The first-order chi connectivity index (χ1) is 17.1. The molecule has 3 amide bonds. The Hall–Kier alpha value is -3.76. The molecule has 2 aromatic carbocycles. The number of carbonyl (C=O) groups is 3. The molecule has 11 heteroatoms. The molecule has 2 aliphatic rings. The summed E-state index contributed by atoms with van der Waals surface area (Å²) in [5, 5.41) is 17.8. The van der Waals surface area contributed by atoms with Crippen LogP contribution >= 0.6 is 0 Å². The van der Waals surface area contributed by atoms with E-state index in [0.717, 1.165) is 25.0 Å². The van der Waals surface area contributed by atoms with Crippen LogP contribution in [0.15, 0.2) is 48.5 Å². The molecule has 0 saturated carbocycles. The lowest BCUT2D eigenvalue weighted by Gasteiger charge is -2.37. The molecule has 2 saturated heterocycles. The highest BCUT2D eigenvalue weighted by Gasteiger charge is 2.43. The first-order valence-corrected chi connectivity index (χ1v) is 11.7. The minimum absolute atomic E-state index is 0.0451. The maximum atomic E-state index is 13.0. The number of anilines is 2. The van der Waals surface area contributed by atoms with Gasteiger partial charge in [0.15, 0.2) is 0 Å². The molecule has 0 aromatic heterocycles. The molecule has 8 nitrogen and oxygen atoms in total. The van der Waals surface area contributed by atoms with E-state index in [2.05, 4.69) is 16.0 Å². The van der Waals surface area contributed by atoms with Gasteiger partial charge in [-0.3, -0.25) is 9.59 Å². The maximum absolute atomic E-state index is 13.0. The second-order valence-electron chi connectivity index (χ2n) is 9.07. The summed E-state index contributed by atoms with van der Waals surface area (Å²) in [4.78, 5) is 38.0. The van der Waals surface area contributed by atoms with Gasteiger partial charge in [-0.2, -0.15) is 13.2 Å². The van der Waals surface area contributed by atoms with Gasteiger partial charge in [-0.1, -0.05) is 18.2 Å². The molecule has 2 bridgehead atoms. The van der Waals surface area contributed by atoms with Gasteiger partial charge >= 0.3 is 12.3 Å². The van der Waals surface area contributed by atoms with Crippen molar-refractivity contribution in [1.82, 2.24) is 15.5 Å². The minimum Gasteiger partial charge on any atom is -0.465 e. The third-order valence-corrected chi connectivity index (χ3v) is 6.60. The Morgan fingerprint density at radius 2 is 1.69 bits per heavy atom. The number of hydrogen-bond acceptors (Lipinski definition) is 4. The van der Waals surface area contributed by atoms with Crippen molar-refractivity contribution < 1.29 is 32.7 Å². The van der Waals surface area contributed by atoms with Gasteiger partial charge in [0.1, 0.15) is 0 Å². The van der Waals surface area contributed by atoms with Gasteiger partial charge < -0.3 is 26.0 Å². The van der Waals surface area contributed by atoms with E-state index in [-0.39, 0.29) is 48.2 Å². The molecule has 2 unspecified atom stereocenters. The predicted octanol–water partition coefficient (Wildman–Crippen LogP) is 4.36. The summed E-state index contributed by atoms with van der Waals surface area (Å²) in [6.07, 6.45) is -2.60. The Morgan fingerprint density at radius 1 is 1.00 bits per heavy atom. The number of fused-ring (bicyclic) bond motifs is 2. The maximum Gasteiger partial charge on any atom is 0.416 e. The molecular formula is C25H27F3N4O4. The van der Waals surface area contributed by atoms with Gasteiger partial charge in [-0.05, 0) is 56.0 Å². The summed E-state index contributed by atoms with van der Waals surface area (Å²) in [5.41, 5.74) is -0.0539. The first-order valence-electron chi connectivity index (χ1n) is 11.7. The number of hydrogen-bond donors (Lipinski definition) is 4. The number of amides is 3. The lowest BCUT2D eigenvalue weighted by molar-refractivity contribution is -0.137. The molecule has 0 aliphatic carbocycles. The highest BCUT2D eigenvalue weighted by molar-refractivity contribution is 6.00. The van der Waals surface area contributed by atoms with Gasteiger partial charge in [-0.15, -0.1) is 0 Å². The number of benzene rings is 2. The molecule has 0 spiro atoms. The van der Waals surface area contributed by atoms with E-state index in [4.69, 9.17) is 0 Å². The number of nitrogens with one attached hydrogen (secondary N) is 3. The average Bonchev–Trinajstić information content (AvgIpc) is 3.10. The van der Waals surface area contributed by atoms with Gasteiger partial charge in [-0.25, -0.2) is 4.79 Å². The number of carbonyl (C=O) groups excluding carboxylic acids is 2. The molecule has 4 N–H and O–H groups in total. The van der Waals surface area contributed by atoms with Crippen LogP contribution in [-0.2, 0) is 11.0 Å². The highest BCUT2D eigenvalue weighted by atomic mass is 19.4. The highest BCUT2D eigenvalue weighted by Crippen LogP contribution is 2.36. The van der Waals surface area contributed by atoms with Gasteiger partial charge in [0.25, 0.3) is 5.91 Å². The van der Waals surface area contributed by atoms with Crippen molar-refractivity contribution in [1.29, 1.82) is 0 Å². The summed E-state index contributed by atoms with van der Waals surface area (Å²) in [6, 6.07) is 10.8. The van der Waals surface area contributed by atoms with E-state index in [9.17, 15) is 32.7 Å². The van der Waals surface area contributed by atoms with Crippen molar-refractivity contribution in [3.63, 3.8) is 0 Å². The van der Waals surface area contributed by atoms with Crippen LogP contribution in [-0.4, -0.2) is 52.6 Å². The van der Waals surface area contributed by atoms with Crippen molar-refractivity contribution in [2.45, 2.75) is 56.4 Å². The Bertz CT molecular complexity index is 1130. The lowest BCUT2D eigenvalue weighted by Crippen LogP contribution is -2.52. The summed E-state index contributed by atoms with van der Waals surface area (Å²) in [7, 11) is 0. The molecule has 192 valence electrons. The number of alkyl halides is 3. The second kappa shape index (κ2) is 10.5. The summed E-state index contributed by atoms with van der Waals surface area (Å²) in [6.45, 7) is 0.0728. The third kappa shape index (κ3) is 5.89. The Kier molecular flexibility index (Phi) is 7.37. The Morgan fingerprint density at radius 3 is 2.36 bits per heavy atom. The van der Waals surface area contributed by atoms with E-state index in [1.54, 1.807) is 18.2 Å². The van der Waals surface area contributed by atoms with Gasteiger partial charge in [0.05, 0.1) is 16.8 Å². The van der Waals surface area contributed by atoms with Crippen LogP contribution in [0.3, 0.4) is 0 Å². The predicted molar refractivity (Wildman–Crippen MR) is 126 cm³/mol. The molecule has 2 aromatic rings. The minimum atomic E-state index is -4.48. The van der Waals surface area contributed by atoms with Crippen molar-refractivity contribution in [2.24, 2.45) is 0 Å². The van der Waals surface area contributed by atoms with Crippen molar-refractivity contribution in [3.05, 3.63) is 59.7 Å². The van der Waals surface area contributed by atoms with E-state index >= 15 is 0 Å². The smallest absolute Gasteiger partial charge is 0.416 e. The molecule has 0 radical (unpaired) electrons. The van der Waals surface area contributed by atoms with Crippen molar-refractivity contribution in [3.8, 4) is 0 Å². The number of carboxylic acid groups (broad SMARTS) is 1. The SMILES string of the molecule is O=C(CCNC(=O)c1ccccc1Nc1cccc(C(F)(F)F)c1)NC1CC2CCC(C1)N2C(=O)O. The van der Waals surface area contributed by atoms with Gasteiger partial charge in [0.2, 0.25) is 5.91 Å². The Labute approximate surface area is 205 Å². The largest absolute Gasteiger partial charge is 0.465 e. The molecular weight excluding hydrogens is 477 g/mol. The first kappa shape index (κ1) is 25.3. The van der Waals surface area contributed by atoms with E-state index in [1.165, 1.54) is 23.1 Å². The van der Waals surface area contributed by atoms with Crippen LogP contribution in [0.2, 0.25) is 0 Å². The molecule has 2 aliphatic heterocycles. The van der Waals surface area contributed by atoms with E-state index in [1.807, 2.05) is 0 Å². The number of piperidine rings is 1. The van der Waals surface area contributed by atoms with Crippen LogP contribution in [0.1, 0.15) is 48.0 Å². The summed E-state index contributed by atoms with van der Waals surface area (Å²) >= 11 is 0. The quantitative estimate of drug-likeness (QED) is 0.448. The molecule has 4 rings (SSSR count). The molecule has 2 fully saturated rings. The molecule has 2 heterocycles. The zero-order chi connectivity index (χ0) is 25.9. The fourth-order valence-electron chi connectivity index (χ4n) is 5.01. The zero-order valence-electron chi connectivity index (χ0n) is 19.3. The third-order valence-electron chi connectivity index (χ3n) is 6.60.